The average molecular weight is 361 g/mol. The fourth-order valence-electron chi connectivity index (χ4n) is 1.64. The number of hydrogen-bond acceptors (Lipinski definition) is 2. The summed E-state index contributed by atoms with van der Waals surface area (Å²) in [6, 6.07) is 11.5. The summed E-state index contributed by atoms with van der Waals surface area (Å²) in [5, 5.41) is 0.383. The Morgan fingerprint density at radius 1 is 1.16 bits per heavy atom. The average Bonchev–Trinajstić information content (AvgIpc) is 2.26. The van der Waals surface area contributed by atoms with E-state index in [4.69, 9.17) is 11.6 Å². The van der Waals surface area contributed by atoms with E-state index >= 15 is 0 Å². The number of sulfonamides is 1. The topological polar surface area (TPSA) is 46.2 Å². The molecule has 19 heavy (non-hydrogen) atoms. The van der Waals surface area contributed by atoms with Crippen LogP contribution in [0, 0.1) is 6.92 Å². The van der Waals surface area contributed by atoms with E-state index in [0.717, 1.165) is 10.0 Å². The molecule has 0 heterocycles. The van der Waals surface area contributed by atoms with Crippen LogP contribution in [0.25, 0.3) is 0 Å². The van der Waals surface area contributed by atoms with Crippen molar-refractivity contribution in [2.24, 2.45) is 0 Å². The van der Waals surface area contributed by atoms with Crippen LogP contribution in [0.5, 0.6) is 0 Å². The smallest absolute Gasteiger partial charge is 0.261 e. The van der Waals surface area contributed by atoms with Gasteiger partial charge >= 0.3 is 0 Å². The number of hydrogen-bond donors (Lipinski definition) is 1. The van der Waals surface area contributed by atoms with Crippen LogP contribution in [-0.2, 0) is 10.0 Å². The van der Waals surface area contributed by atoms with Gasteiger partial charge in [0.05, 0.1) is 10.6 Å². The fraction of sp³-hybridized carbons (Fsp3) is 0.0769. The maximum Gasteiger partial charge on any atom is 0.261 e. The molecule has 2 aromatic carbocycles. The SMILES string of the molecule is Cc1cc(Br)cc(NS(=O)(=O)c2cccc(Cl)c2)c1. The van der Waals surface area contributed by atoms with Gasteiger partial charge in [-0.1, -0.05) is 33.6 Å². The van der Waals surface area contributed by atoms with Crippen molar-refractivity contribution in [1.29, 1.82) is 0 Å². The molecule has 0 fully saturated rings. The molecule has 0 spiro atoms. The van der Waals surface area contributed by atoms with Crippen molar-refractivity contribution in [2.75, 3.05) is 4.72 Å². The normalized spacial score (nSPS) is 11.3. The second-order valence-electron chi connectivity index (χ2n) is 4.08. The third kappa shape index (κ3) is 3.72. The largest absolute Gasteiger partial charge is 0.280 e. The molecule has 0 saturated heterocycles. The Morgan fingerprint density at radius 3 is 2.53 bits per heavy atom. The second-order valence-corrected chi connectivity index (χ2v) is 7.11. The lowest BCUT2D eigenvalue weighted by Gasteiger charge is -2.09. The lowest BCUT2D eigenvalue weighted by Crippen LogP contribution is -2.13. The molecule has 0 aromatic heterocycles. The quantitative estimate of drug-likeness (QED) is 0.891. The Bertz CT molecular complexity index is 696. The van der Waals surface area contributed by atoms with Crippen LogP contribution in [0.15, 0.2) is 51.8 Å². The van der Waals surface area contributed by atoms with Gasteiger partial charge in [0.25, 0.3) is 10.0 Å². The van der Waals surface area contributed by atoms with Gasteiger partial charge in [-0.2, -0.15) is 0 Å². The lowest BCUT2D eigenvalue weighted by molar-refractivity contribution is 0.601. The maximum absolute atomic E-state index is 12.2. The predicted octanol–water partition coefficient (Wildman–Crippen LogP) is 4.21. The van der Waals surface area contributed by atoms with Gasteiger partial charge < -0.3 is 0 Å². The van der Waals surface area contributed by atoms with Gasteiger partial charge in [-0.05, 0) is 48.9 Å². The zero-order valence-electron chi connectivity index (χ0n) is 10.0. The monoisotopic (exact) mass is 359 g/mol. The summed E-state index contributed by atoms with van der Waals surface area (Å²) in [6.45, 7) is 1.89. The first-order valence-electron chi connectivity index (χ1n) is 5.42. The first-order valence-corrected chi connectivity index (χ1v) is 8.08. The summed E-state index contributed by atoms with van der Waals surface area (Å²) in [6.07, 6.45) is 0. The number of nitrogens with one attached hydrogen (secondary N) is 1. The van der Waals surface area contributed by atoms with Crippen LogP contribution < -0.4 is 4.72 Å². The highest BCUT2D eigenvalue weighted by Gasteiger charge is 2.14. The van der Waals surface area contributed by atoms with E-state index in [0.29, 0.717) is 10.7 Å². The standard InChI is InChI=1S/C13H11BrClNO2S/c1-9-5-10(14)7-12(6-9)16-19(17,18)13-4-2-3-11(15)8-13/h2-8,16H,1H3. The summed E-state index contributed by atoms with van der Waals surface area (Å²) in [7, 11) is -3.62. The van der Waals surface area contributed by atoms with E-state index in [-0.39, 0.29) is 4.90 Å². The first kappa shape index (κ1) is 14.4. The Balaban J connectivity index is 2.36. The molecular weight excluding hydrogens is 350 g/mol. The molecule has 1 N–H and O–H groups in total. The Morgan fingerprint density at radius 2 is 1.89 bits per heavy atom. The van der Waals surface area contributed by atoms with Crippen molar-refractivity contribution in [3.63, 3.8) is 0 Å². The molecule has 0 aliphatic rings. The van der Waals surface area contributed by atoms with E-state index in [9.17, 15) is 8.42 Å². The van der Waals surface area contributed by atoms with Gasteiger partial charge in [0.1, 0.15) is 0 Å². The number of benzene rings is 2. The molecule has 0 bridgehead atoms. The van der Waals surface area contributed by atoms with E-state index in [2.05, 4.69) is 20.7 Å². The minimum Gasteiger partial charge on any atom is -0.280 e. The summed E-state index contributed by atoms with van der Waals surface area (Å²) in [4.78, 5) is 0.137. The molecule has 100 valence electrons. The van der Waals surface area contributed by atoms with E-state index in [1.165, 1.54) is 12.1 Å². The van der Waals surface area contributed by atoms with Crippen molar-refractivity contribution in [3.05, 3.63) is 57.5 Å². The van der Waals surface area contributed by atoms with Crippen LogP contribution in [-0.4, -0.2) is 8.42 Å². The zero-order chi connectivity index (χ0) is 14.0. The minimum atomic E-state index is -3.62. The Kier molecular flexibility index (Phi) is 4.18. The molecule has 0 amide bonds. The predicted molar refractivity (Wildman–Crippen MR) is 81.1 cm³/mol. The minimum absolute atomic E-state index is 0.137. The van der Waals surface area contributed by atoms with Gasteiger partial charge in [-0.25, -0.2) is 8.42 Å². The third-order valence-corrected chi connectivity index (χ3v) is 4.47. The highest BCUT2D eigenvalue weighted by atomic mass is 79.9. The number of rotatable bonds is 3. The highest BCUT2D eigenvalue weighted by Crippen LogP contribution is 2.23. The number of aryl methyl sites for hydroxylation is 1. The van der Waals surface area contributed by atoms with Crippen LogP contribution in [0.3, 0.4) is 0 Å². The molecule has 0 radical (unpaired) electrons. The van der Waals surface area contributed by atoms with E-state index < -0.39 is 10.0 Å². The van der Waals surface area contributed by atoms with Crippen molar-refractivity contribution in [3.8, 4) is 0 Å². The summed E-state index contributed by atoms with van der Waals surface area (Å²) < 4.78 is 27.7. The molecule has 0 saturated carbocycles. The summed E-state index contributed by atoms with van der Waals surface area (Å²) >= 11 is 9.14. The molecule has 2 rings (SSSR count). The van der Waals surface area contributed by atoms with Crippen LogP contribution in [0.1, 0.15) is 5.56 Å². The van der Waals surface area contributed by atoms with E-state index in [1.807, 2.05) is 13.0 Å². The van der Waals surface area contributed by atoms with Crippen molar-refractivity contribution >= 4 is 43.2 Å². The van der Waals surface area contributed by atoms with Crippen LogP contribution in [0.2, 0.25) is 5.02 Å². The third-order valence-electron chi connectivity index (χ3n) is 2.40. The molecule has 3 nitrogen and oxygen atoms in total. The molecule has 0 aliphatic carbocycles. The van der Waals surface area contributed by atoms with Gasteiger partial charge in [0.2, 0.25) is 0 Å². The van der Waals surface area contributed by atoms with Gasteiger partial charge in [-0.3, -0.25) is 4.72 Å². The zero-order valence-corrected chi connectivity index (χ0v) is 13.2. The van der Waals surface area contributed by atoms with Crippen molar-refractivity contribution in [1.82, 2.24) is 0 Å². The number of halogens is 2. The Hall–Kier alpha value is -1.04. The summed E-state index contributed by atoms with van der Waals surface area (Å²) in [5.41, 5.74) is 1.46. The number of anilines is 1. The maximum atomic E-state index is 12.2. The van der Waals surface area contributed by atoms with Crippen LogP contribution >= 0.6 is 27.5 Å². The van der Waals surface area contributed by atoms with Crippen LogP contribution in [0.4, 0.5) is 5.69 Å². The Labute approximate surface area is 125 Å². The highest BCUT2D eigenvalue weighted by molar-refractivity contribution is 9.10. The molecule has 0 atom stereocenters. The molecular formula is C13H11BrClNO2S. The molecule has 0 unspecified atom stereocenters. The van der Waals surface area contributed by atoms with Gasteiger partial charge in [0.15, 0.2) is 0 Å². The molecule has 2 aromatic rings. The molecule has 6 heteroatoms. The van der Waals surface area contributed by atoms with Gasteiger partial charge in [-0.15, -0.1) is 0 Å². The van der Waals surface area contributed by atoms with Crippen molar-refractivity contribution < 1.29 is 8.42 Å². The fourth-order valence-corrected chi connectivity index (χ4v) is 3.59. The second kappa shape index (κ2) is 5.53. The van der Waals surface area contributed by atoms with E-state index in [1.54, 1.807) is 24.3 Å². The first-order chi connectivity index (χ1) is 8.87. The van der Waals surface area contributed by atoms with Crippen molar-refractivity contribution in [2.45, 2.75) is 11.8 Å². The van der Waals surface area contributed by atoms with Gasteiger partial charge in [0, 0.05) is 9.50 Å². The molecule has 0 aliphatic heterocycles. The summed E-state index contributed by atoms with van der Waals surface area (Å²) in [5.74, 6) is 0. The lowest BCUT2D eigenvalue weighted by atomic mass is 10.2.